The third kappa shape index (κ3) is 3.65. The van der Waals surface area contributed by atoms with Gasteiger partial charge >= 0.3 is 0 Å². The summed E-state index contributed by atoms with van der Waals surface area (Å²) in [6.07, 6.45) is 2.41. The standard InChI is InChI=1S/C16H20FNO3/c1-10(2)11-3-6-16(19)13(7-11)8-12-9-14(17)4-5-15(12)18(20)21/h4-5,9-11,13H,3,6-8H2,1-2H3. The second-order valence-corrected chi connectivity index (χ2v) is 6.18. The van der Waals surface area contributed by atoms with Crippen molar-refractivity contribution in [1.29, 1.82) is 0 Å². The molecule has 21 heavy (non-hydrogen) atoms. The summed E-state index contributed by atoms with van der Waals surface area (Å²) in [5, 5.41) is 11.0. The topological polar surface area (TPSA) is 60.2 Å². The predicted molar refractivity (Wildman–Crippen MR) is 77.4 cm³/mol. The minimum absolute atomic E-state index is 0.101. The van der Waals surface area contributed by atoms with E-state index in [9.17, 15) is 19.3 Å². The molecule has 5 heteroatoms. The van der Waals surface area contributed by atoms with E-state index >= 15 is 0 Å². The van der Waals surface area contributed by atoms with Gasteiger partial charge in [0.05, 0.1) is 4.92 Å². The first-order chi connectivity index (χ1) is 9.88. The van der Waals surface area contributed by atoms with Crippen LogP contribution >= 0.6 is 0 Å². The molecule has 2 unspecified atom stereocenters. The van der Waals surface area contributed by atoms with Crippen molar-refractivity contribution in [2.75, 3.05) is 0 Å². The molecule has 0 heterocycles. The number of nitrogens with zero attached hydrogens (tertiary/aromatic N) is 1. The number of carbonyl (C=O) groups excluding carboxylic acids is 1. The van der Waals surface area contributed by atoms with E-state index in [-0.39, 0.29) is 23.8 Å². The van der Waals surface area contributed by atoms with Crippen LogP contribution < -0.4 is 0 Å². The summed E-state index contributed by atoms with van der Waals surface area (Å²) in [5.74, 6) is 0.361. The summed E-state index contributed by atoms with van der Waals surface area (Å²) in [5.41, 5.74) is 0.221. The Morgan fingerprint density at radius 2 is 2.14 bits per heavy atom. The van der Waals surface area contributed by atoms with Gasteiger partial charge in [0, 0.05) is 24.0 Å². The molecule has 1 fully saturated rings. The molecule has 2 rings (SSSR count). The molecule has 0 amide bonds. The summed E-state index contributed by atoms with van der Waals surface area (Å²) in [6, 6.07) is 3.45. The number of nitro benzene ring substituents is 1. The highest BCUT2D eigenvalue weighted by molar-refractivity contribution is 5.82. The lowest BCUT2D eigenvalue weighted by molar-refractivity contribution is -0.385. The lowest BCUT2D eigenvalue weighted by Crippen LogP contribution is -2.29. The summed E-state index contributed by atoms with van der Waals surface area (Å²) in [6.45, 7) is 4.25. The highest BCUT2D eigenvalue weighted by Crippen LogP contribution is 2.35. The number of benzene rings is 1. The molecule has 0 saturated heterocycles. The average molecular weight is 293 g/mol. The van der Waals surface area contributed by atoms with Gasteiger partial charge in [-0.05, 0) is 43.2 Å². The van der Waals surface area contributed by atoms with Crippen molar-refractivity contribution in [2.45, 2.75) is 39.5 Å². The molecule has 1 aromatic rings. The molecule has 1 aromatic carbocycles. The molecule has 2 atom stereocenters. The van der Waals surface area contributed by atoms with Crippen molar-refractivity contribution in [1.82, 2.24) is 0 Å². The number of nitro groups is 1. The normalized spacial score (nSPS) is 22.6. The fourth-order valence-corrected chi connectivity index (χ4v) is 3.11. The molecular weight excluding hydrogens is 273 g/mol. The second-order valence-electron chi connectivity index (χ2n) is 6.18. The Hall–Kier alpha value is -1.78. The van der Waals surface area contributed by atoms with Crippen LogP contribution in [-0.4, -0.2) is 10.7 Å². The van der Waals surface area contributed by atoms with E-state index in [1.54, 1.807) is 0 Å². The van der Waals surface area contributed by atoms with Gasteiger partial charge in [-0.1, -0.05) is 13.8 Å². The Morgan fingerprint density at radius 1 is 1.43 bits per heavy atom. The van der Waals surface area contributed by atoms with Crippen LogP contribution in [0.2, 0.25) is 0 Å². The smallest absolute Gasteiger partial charge is 0.272 e. The molecule has 0 aromatic heterocycles. The van der Waals surface area contributed by atoms with E-state index in [0.717, 1.165) is 18.9 Å². The summed E-state index contributed by atoms with van der Waals surface area (Å²) < 4.78 is 13.4. The maximum absolute atomic E-state index is 13.4. The zero-order valence-electron chi connectivity index (χ0n) is 12.3. The third-order valence-electron chi connectivity index (χ3n) is 4.45. The molecule has 1 aliphatic carbocycles. The Bertz CT molecular complexity index is 556. The van der Waals surface area contributed by atoms with Crippen molar-refractivity contribution in [3.05, 3.63) is 39.7 Å². The van der Waals surface area contributed by atoms with Gasteiger partial charge in [-0.15, -0.1) is 0 Å². The number of ketones is 1. The van der Waals surface area contributed by atoms with E-state index in [1.807, 2.05) is 0 Å². The first kappa shape index (κ1) is 15.6. The van der Waals surface area contributed by atoms with Gasteiger partial charge in [0.15, 0.2) is 0 Å². The van der Waals surface area contributed by atoms with Crippen molar-refractivity contribution < 1.29 is 14.1 Å². The first-order valence-electron chi connectivity index (χ1n) is 7.34. The van der Waals surface area contributed by atoms with E-state index in [2.05, 4.69) is 13.8 Å². The van der Waals surface area contributed by atoms with Gasteiger partial charge < -0.3 is 0 Å². The van der Waals surface area contributed by atoms with Crippen LogP contribution in [0.25, 0.3) is 0 Å². The summed E-state index contributed by atoms with van der Waals surface area (Å²) >= 11 is 0. The van der Waals surface area contributed by atoms with Gasteiger partial charge in [-0.2, -0.15) is 0 Å². The zero-order valence-corrected chi connectivity index (χ0v) is 12.3. The monoisotopic (exact) mass is 293 g/mol. The maximum Gasteiger partial charge on any atom is 0.272 e. The first-order valence-corrected chi connectivity index (χ1v) is 7.34. The Balaban J connectivity index is 2.22. The molecule has 0 N–H and O–H groups in total. The van der Waals surface area contributed by atoms with Crippen molar-refractivity contribution in [3.63, 3.8) is 0 Å². The minimum Gasteiger partial charge on any atom is -0.299 e. The van der Waals surface area contributed by atoms with E-state index < -0.39 is 10.7 Å². The van der Waals surface area contributed by atoms with Crippen LogP contribution in [0.4, 0.5) is 10.1 Å². The Morgan fingerprint density at radius 3 is 2.76 bits per heavy atom. The van der Waals surface area contributed by atoms with E-state index in [4.69, 9.17) is 0 Å². The highest BCUT2D eigenvalue weighted by atomic mass is 19.1. The second kappa shape index (κ2) is 6.33. The molecule has 114 valence electrons. The van der Waals surface area contributed by atoms with Crippen LogP contribution in [0.5, 0.6) is 0 Å². The largest absolute Gasteiger partial charge is 0.299 e. The zero-order chi connectivity index (χ0) is 15.6. The number of carbonyl (C=O) groups is 1. The van der Waals surface area contributed by atoms with Crippen LogP contribution in [0.15, 0.2) is 18.2 Å². The average Bonchev–Trinajstić information content (AvgIpc) is 2.40. The van der Waals surface area contributed by atoms with E-state index in [1.165, 1.54) is 12.1 Å². The van der Waals surface area contributed by atoms with Gasteiger partial charge in [0.25, 0.3) is 5.69 Å². The molecule has 1 aliphatic rings. The Labute approximate surface area is 123 Å². The molecule has 0 bridgehead atoms. The molecule has 4 nitrogen and oxygen atoms in total. The lowest BCUT2D eigenvalue weighted by atomic mass is 9.73. The number of hydrogen-bond acceptors (Lipinski definition) is 3. The number of Topliss-reactive ketones (excluding diaryl/α,β-unsaturated/α-hetero) is 1. The quantitative estimate of drug-likeness (QED) is 0.624. The van der Waals surface area contributed by atoms with E-state index in [0.29, 0.717) is 23.8 Å². The van der Waals surface area contributed by atoms with Crippen molar-refractivity contribution in [3.8, 4) is 0 Å². The lowest BCUT2D eigenvalue weighted by Gasteiger charge is -2.30. The summed E-state index contributed by atoms with van der Waals surface area (Å²) in [7, 11) is 0. The van der Waals surface area contributed by atoms with Crippen molar-refractivity contribution in [2.24, 2.45) is 17.8 Å². The molecular formula is C16H20FNO3. The Kier molecular flexibility index (Phi) is 4.70. The maximum atomic E-state index is 13.4. The number of hydrogen-bond donors (Lipinski definition) is 0. The van der Waals surface area contributed by atoms with Crippen LogP contribution in [0.3, 0.4) is 0 Å². The predicted octanol–water partition coefficient (Wildman–Crippen LogP) is 3.92. The minimum atomic E-state index is -0.512. The third-order valence-corrected chi connectivity index (χ3v) is 4.45. The number of halogens is 1. The molecule has 0 radical (unpaired) electrons. The van der Waals surface area contributed by atoms with Gasteiger partial charge in [0.2, 0.25) is 0 Å². The van der Waals surface area contributed by atoms with Crippen molar-refractivity contribution >= 4 is 11.5 Å². The number of rotatable bonds is 4. The summed E-state index contributed by atoms with van der Waals surface area (Å²) in [4.78, 5) is 22.6. The molecule has 1 saturated carbocycles. The fraction of sp³-hybridized carbons (Fsp3) is 0.562. The van der Waals surface area contributed by atoms with Crippen LogP contribution in [-0.2, 0) is 11.2 Å². The SMILES string of the molecule is CC(C)C1CCC(=O)C(Cc2cc(F)ccc2[N+](=O)[O-])C1. The van der Waals surface area contributed by atoms with Crippen LogP contribution in [0.1, 0.15) is 38.7 Å². The highest BCUT2D eigenvalue weighted by Gasteiger charge is 2.31. The van der Waals surface area contributed by atoms with Gasteiger partial charge in [-0.25, -0.2) is 4.39 Å². The van der Waals surface area contributed by atoms with Gasteiger partial charge in [-0.3, -0.25) is 14.9 Å². The van der Waals surface area contributed by atoms with Gasteiger partial charge in [0.1, 0.15) is 11.6 Å². The van der Waals surface area contributed by atoms with Crippen LogP contribution in [0, 0.1) is 33.7 Å². The molecule has 0 aliphatic heterocycles. The molecule has 0 spiro atoms. The fourth-order valence-electron chi connectivity index (χ4n) is 3.11.